The van der Waals surface area contributed by atoms with Gasteiger partial charge in [0.2, 0.25) is 5.95 Å². The Morgan fingerprint density at radius 1 is 1.35 bits per heavy atom. The first-order chi connectivity index (χ1) is 9.86. The third-order valence-corrected chi connectivity index (χ3v) is 3.71. The quantitative estimate of drug-likeness (QED) is 0.872. The van der Waals surface area contributed by atoms with Gasteiger partial charge in [-0.15, -0.1) is 0 Å². The third kappa shape index (κ3) is 2.80. The zero-order valence-corrected chi connectivity index (χ0v) is 11.4. The molecule has 1 saturated heterocycles. The van der Waals surface area contributed by atoms with Crippen LogP contribution in [0.4, 0.5) is 5.95 Å². The fraction of sp³-hybridized carbons (Fsp3) is 0.500. The van der Waals surface area contributed by atoms with Gasteiger partial charge in [-0.3, -0.25) is 5.10 Å². The molecular formula is C14H19N5O. The molecule has 106 valence electrons. The van der Waals surface area contributed by atoms with Crippen molar-refractivity contribution < 1.29 is 5.11 Å². The zero-order chi connectivity index (χ0) is 13.8. The van der Waals surface area contributed by atoms with Crippen LogP contribution in [0.15, 0.2) is 24.5 Å². The average molecular weight is 273 g/mol. The summed E-state index contributed by atoms with van der Waals surface area (Å²) in [5.74, 6) is 1.19. The number of nitrogens with one attached hydrogen (secondary N) is 1. The molecule has 3 heterocycles. The first-order valence-corrected chi connectivity index (χ1v) is 7.04. The molecule has 2 N–H and O–H groups in total. The van der Waals surface area contributed by atoms with Gasteiger partial charge in [0.25, 0.3) is 0 Å². The van der Waals surface area contributed by atoms with Crippen LogP contribution in [0.3, 0.4) is 0 Å². The minimum atomic E-state index is 0.149. The van der Waals surface area contributed by atoms with Gasteiger partial charge in [-0.25, -0.2) is 9.97 Å². The number of hydrogen-bond donors (Lipinski definition) is 2. The van der Waals surface area contributed by atoms with Crippen LogP contribution in [0.2, 0.25) is 0 Å². The summed E-state index contributed by atoms with van der Waals surface area (Å²) in [6.07, 6.45) is 6.43. The lowest BCUT2D eigenvalue weighted by molar-refractivity contribution is 0.298. The molecule has 6 nitrogen and oxygen atoms in total. The Morgan fingerprint density at radius 2 is 2.20 bits per heavy atom. The highest BCUT2D eigenvalue weighted by atomic mass is 16.3. The maximum atomic E-state index is 8.96. The number of piperidine rings is 1. The Morgan fingerprint density at radius 3 is 3.00 bits per heavy atom. The van der Waals surface area contributed by atoms with E-state index in [2.05, 4.69) is 31.1 Å². The van der Waals surface area contributed by atoms with E-state index in [0.717, 1.165) is 43.3 Å². The summed E-state index contributed by atoms with van der Waals surface area (Å²) in [5, 5.41) is 16.3. The van der Waals surface area contributed by atoms with E-state index >= 15 is 0 Å². The van der Waals surface area contributed by atoms with Gasteiger partial charge in [-0.1, -0.05) is 0 Å². The van der Waals surface area contributed by atoms with E-state index in [9.17, 15) is 0 Å². The number of aromatic amines is 1. The van der Waals surface area contributed by atoms with Crippen molar-refractivity contribution in [3.05, 3.63) is 35.9 Å². The number of aliphatic hydroxyl groups is 1. The predicted octanol–water partition coefficient (Wildman–Crippen LogP) is 1.12. The van der Waals surface area contributed by atoms with Gasteiger partial charge in [-0.2, -0.15) is 5.10 Å². The van der Waals surface area contributed by atoms with Crippen LogP contribution in [-0.4, -0.2) is 45.0 Å². The minimum absolute atomic E-state index is 0.149. The second-order valence-electron chi connectivity index (χ2n) is 5.13. The van der Waals surface area contributed by atoms with Crippen LogP contribution in [0.25, 0.3) is 0 Å². The Balaban J connectivity index is 1.71. The number of aliphatic hydroxyl groups excluding tert-OH is 1. The lowest BCUT2D eigenvalue weighted by Gasteiger charge is -2.31. The summed E-state index contributed by atoms with van der Waals surface area (Å²) in [6.45, 7) is 2.04. The van der Waals surface area contributed by atoms with E-state index < -0.39 is 0 Å². The van der Waals surface area contributed by atoms with Crippen molar-refractivity contribution in [1.29, 1.82) is 0 Å². The molecule has 20 heavy (non-hydrogen) atoms. The number of nitrogens with zero attached hydrogens (tertiary/aromatic N) is 4. The van der Waals surface area contributed by atoms with Gasteiger partial charge in [-0.05, 0) is 25.0 Å². The van der Waals surface area contributed by atoms with Crippen molar-refractivity contribution in [1.82, 2.24) is 20.2 Å². The standard InChI is InChI=1S/C14H19N5O/c20-8-4-12-9-13(18-17-12)11-3-1-7-19(10-11)14-15-5-2-6-16-14/h2,5-6,9,11,20H,1,3-4,7-8,10H2,(H,17,18)/t11-/m0/s1. The molecule has 0 bridgehead atoms. The minimum Gasteiger partial charge on any atom is -0.396 e. The first-order valence-electron chi connectivity index (χ1n) is 7.04. The van der Waals surface area contributed by atoms with Crippen molar-refractivity contribution in [3.63, 3.8) is 0 Å². The maximum absolute atomic E-state index is 8.96. The molecule has 3 rings (SSSR count). The van der Waals surface area contributed by atoms with Gasteiger partial charge >= 0.3 is 0 Å². The zero-order valence-electron chi connectivity index (χ0n) is 11.4. The predicted molar refractivity (Wildman–Crippen MR) is 75.6 cm³/mol. The Hall–Kier alpha value is -1.95. The summed E-state index contributed by atoms with van der Waals surface area (Å²) in [5.41, 5.74) is 2.07. The molecule has 2 aromatic heterocycles. The van der Waals surface area contributed by atoms with Gasteiger partial charge in [0, 0.05) is 50.1 Å². The molecular weight excluding hydrogens is 254 g/mol. The largest absolute Gasteiger partial charge is 0.396 e. The lowest BCUT2D eigenvalue weighted by Crippen LogP contribution is -2.35. The molecule has 0 spiro atoms. The van der Waals surface area contributed by atoms with Crippen LogP contribution in [0, 0.1) is 0 Å². The molecule has 0 saturated carbocycles. The molecule has 0 unspecified atom stereocenters. The summed E-state index contributed by atoms with van der Waals surface area (Å²) in [7, 11) is 0. The van der Waals surface area contributed by atoms with Crippen LogP contribution >= 0.6 is 0 Å². The fourth-order valence-electron chi connectivity index (χ4n) is 2.69. The van der Waals surface area contributed by atoms with Gasteiger partial charge in [0.1, 0.15) is 0 Å². The lowest BCUT2D eigenvalue weighted by atomic mass is 9.95. The van der Waals surface area contributed by atoms with Crippen molar-refractivity contribution >= 4 is 5.95 Å². The van der Waals surface area contributed by atoms with Gasteiger partial charge < -0.3 is 10.0 Å². The number of anilines is 1. The second kappa shape index (κ2) is 6.00. The van der Waals surface area contributed by atoms with E-state index in [1.54, 1.807) is 12.4 Å². The fourth-order valence-corrected chi connectivity index (χ4v) is 2.69. The molecule has 0 aromatic carbocycles. The number of H-pyrrole nitrogens is 1. The SMILES string of the molecule is OCCc1cc([C@H]2CCCN(c3ncccn3)C2)n[nH]1. The maximum Gasteiger partial charge on any atom is 0.225 e. The Kier molecular flexibility index (Phi) is 3.92. The summed E-state index contributed by atoms with van der Waals surface area (Å²) >= 11 is 0. The molecule has 0 aliphatic carbocycles. The molecule has 0 amide bonds. The molecule has 0 radical (unpaired) electrons. The summed E-state index contributed by atoms with van der Waals surface area (Å²) < 4.78 is 0. The average Bonchev–Trinajstić information content (AvgIpc) is 2.97. The van der Waals surface area contributed by atoms with Crippen LogP contribution in [-0.2, 0) is 6.42 Å². The van der Waals surface area contributed by atoms with E-state index in [4.69, 9.17) is 5.11 Å². The number of aromatic nitrogens is 4. The number of hydrogen-bond acceptors (Lipinski definition) is 5. The van der Waals surface area contributed by atoms with Crippen LogP contribution in [0.5, 0.6) is 0 Å². The van der Waals surface area contributed by atoms with Crippen molar-refractivity contribution in [2.45, 2.75) is 25.2 Å². The van der Waals surface area contributed by atoms with Crippen molar-refractivity contribution in [3.8, 4) is 0 Å². The second-order valence-corrected chi connectivity index (χ2v) is 5.13. The third-order valence-electron chi connectivity index (χ3n) is 3.71. The molecule has 6 heteroatoms. The summed E-state index contributed by atoms with van der Waals surface area (Å²) in [4.78, 5) is 10.9. The topological polar surface area (TPSA) is 77.9 Å². The monoisotopic (exact) mass is 273 g/mol. The molecule has 2 aromatic rings. The van der Waals surface area contributed by atoms with Gasteiger partial charge in [0.15, 0.2) is 0 Å². The Bertz CT molecular complexity index is 542. The van der Waals surface area contributed by atoms with Crippen molar-refractivity contribution in [2.75, 3.05) is 24.6 Å². The smallest absolute Gasteiger partial charge is 0.225 e. The van der Waals surface area contributed by atoms with Crippen LogP contribution in [0.1, 0.15) is 30.1 Å². The highest BCUT2D eigenvalue weighted by molar-refractivity contribution is 5.31. The molecule has 1 atom stereocenters. The number of rotatable bonds is 4. The molecule has 1 aliphatic rings. The highest BCUT2D eigenvalue weighted by Gasteiger charge is 2.24. The summed E-state index contributed by atoms with van der Waals surface area (Å²) in [6, 6.07) is 3.90. The van der Waals surface area contributed by atoms with E-state index in [-0.39, 0.29) is 6.61 Å². The van der Waals surface area contributed by atoms with E-state index in [0.29, 0.717) is 12.3 Å². The first kappa shape index (κ1) is 13.1. The van der Waals surface area contributed by atoms with Crippen molar-refractivity contribution in [2.24, 2.45) is 0 Å². The Labute approximate surface area is 117 Å². The van der Waals surface area contributed by atoms with E-state index in [1.165, 1.54) is 0 Å². The molecule has 1 fully saturated rings. The highest BCUT2D eigenvalue weighted by Crippen LogP contribution is 2.27. The normalized spacial score (nSPS) is 19.2. The van der Waals surface area contributed by atoms with E-state index in [1.807, 2.05) is 6.07 Å². The van der Waals surface area contributed by atoms with Gasteiger partial charge in [0.05, 0.1) is 5.69 Å². The molecule has 1 aliphatic heterocycles. The van der Waals surface area contributed by atoms with Crippen LogP contribution < -0.4 is 4.90 Å².